The molecule has 6 heteroatoms. The van der Waals surface area contributed by atoms with Gasteiger partial charge in [-0.15, -0.1) is 10.2 Å². The molecule has 1 aromatic heterocycles. The number of benzene rings is 2. The number of halogens is 1. The summed E-state index contributed by atoms with van der Waals surface area (Å²) in [5.41, 5.74) is 2.20. The first kappa shape index (κ1) is 17.0. The molecular formula is C18H18BrN3OS. The van der Waals surface area contributed by atoms with Crippen LogP contribution in [-0.4, -0.2) is 21.9 Å². The Morgan fingerprint density at radius 2 is 1.83 bits per heavy atom. The Bertz CT molecular complexity index is 835. The van der Waals surface area contributed by atoms with Gasteiger partial charge in [0.1, 0.15) is 5.75 Å². The first-order valence-electron chi connectivity index (χ1n) is 7.67. The minimum atomic E-state index is 0.804. The molecule has 0 saturated carbocycles. The molecule has 3 rings (SSSR count). The highest BCUT2D eigenvalue weighted by Crippen LogP contribution is 2.32. The van der Waals surface area contributed by atoms with Crippen LogP contribution >= 0.6 is 27.7 Å². The maximum absolute atomic E-state index is 5.46. The van der Waals surface area contributed by atoms with Crippen LogP contribution in [0.5, 0.6) is 5.75 Å². The molecule has 2 aromatic carbocycles. The van der Waals surface area contributed by atoms with Gasteiger partial charge in [0.05, 0.1) is 12.7 Å². The Kier molecular flexibility index (Phi) is 5.58. The summed E-state index contributed by atoms with van der Waals surface area (Å²) in [5.74, 6) is 2.48. The fourth-order valence-electron chi connectivity index (χ4n) is 2.47. The van der Waals surface area contributed by atoms with Gasteiger partial charge in [0.25, 0.3) is 0 Å². The van der Waals surface area contributed by atoms with Crippen molar-refractivity contribution in [3.63, 3.8) is 0 Å². The van der Waals surface area contributed by atoms with E-state index in [0.29, 0.717) is 0 Å². The van der Waals surface area contributed by atoms with Crippen molar-refractivity contribution in [2.45, 2.75) is 24.4 Å². The van der Waals surface area contributed by atoms with Gasteiger partial charge in [0.2, 0.25) is 0 Å². The van der Waals surface area contributed by atoms with E-state index in [9.17, 15) is 0 Å². The Morgan fingerprint density at radius 3 is 2.58 bits per heavy atom. The summed E-state index contributed by atoms with van der Waals surface area (Å²) in [7, 11) is 1.67. The second-order valence-electron chi connectivity index (χ2n) is 5.13. The van der Waals surface area contributed by atoms with E-state index in [1.807, 2.05) is 36.4 Å². The predicted molar refractivity (Wildman–Crippen MR) is 101 cm³/mol. The Labute approximate surface area is 154 Å². The van der Waals surface area contributed by atoms with Gasteiger partial charge in [-0.1, -0.05) is 58.0 Å². The standard InChI is InChI=1S/C18H18BrN3OS/c1-3-22-17(14-9-5-7-11-16(14)23-2)20-21-18(22)24-12-13-8-4-6-10-15(13)19/h4-11H,3,12H2,1-2H3. The second-order valence-corrected chi connectivity index (χ2v) is 6.93. The number of hydrogen-bond acceptors (Lipinski definition) is 4. The number of methoxy groups -OCH3 is 1. The minimum absolute atomic E-state index is 0.804. The molecule has 0 spiro atoms. The fourth-order valence-corrected chi connectivity index (χ4v) is 4.08. The summed E-state index contributed by atoms with van der Waals surface area (Å²) in [6, 6.07) is 16.1. The molecule has 0 aliphatic carbocycles. The second kappa shape index (κ2) is 7.85. The normalized spacial score (nSPS) is 10.8. The van der Waals surface area contributed by atoms with Crippen molar-refractivity contribution in [1.29, 1.82) is 0 Å². The third kappa shape index (κ3) is 3.49. The molecule has 0 N–H and O–H groups in total. The fraction of sp³-hybridized carbons (Fsp3) is 0.222. The molecule has 0 unspecified atom stereocenters. The van der Waals surface area contributed by atoms with E-state index in [4.69, 9.17) is 4.74 Å². The van der Waals surface area contributed by atoms with Gasteiger partial charge in [0.15, 0.2) is 11.0 Å². The van der Waals surface area contributed by atoms with E-state index >= 15 is 0 Å². The quantitative estimate of drug-likeness (QED) is 0.541. The molecule has 0 bridgehead atoms. The lowest BCUT2D eigenvalue weighted by atomic mass is 10.2. The summed E-state index contributed by atoms with van der Waals surface area (Å²) in [4.78, 5) is 0. The third-order valence-electron chi connectivity index (χ3n) is 3.70. The van der Waals surface area contributed by atoms with Crippen LogP contribution in [0.2, 0.25) is 0 Å². The monoisotopic (exact) mass is 403 g/mol. The molecule has 1 heterocycles. The summed E-state index contributed by atoms with van der Waals surface area (Å²) < 4.78 is 8.70. The molecule has 24 heavy (non-hydrogen) atoms. The average molecular weight is 404 g/mol. The third-order valence-corrected chi connectivity index (χ3v) is 5.48. The summed E-state index contributed by atoms with van der Waals surface area (Å²) >= 11 is 5.28. The van der Waals surface area contributed by atoms with Crippen molar-refractivity contribution in [3.8, 4) is 17.1 Å². The summed E-state index contributed by atoms with van der Waals surface area (Å²) in [6.45, 7) is 2.91. The van der Waals surface area contributed by atoms with E-state index in [1.54, 1.807) is 18.9 Å². The zero-order valence-electron chi connectivity index (χ0n) is 13.6. The molecule has 3 aromatic rings. The van der Waals surface area contributed by atoms with Crippen LogP contribution in [0.3, 0.4) is 0 Å². The lowest BCUT2D eigenvalue weighted by molar-refractivity contribution is 0.416. The number of nitrogens with zero attached hydrogens (tertiary/aromatic N) is 3. The van der Waals surface area contributed by atoms with Gasteiger partial charge in [-0.25, -0.2) is 0 Å². The number of hydrogen-bond donors (Lipinski definition) is 0. The number of ether oxygens (including phenoxy) is 1. The predicted octanol–water partition coefficient (Wildman–Crippen LogP) is 5.03. The van der Waals surface area contributed by atoms with Crippen molar-refractivity contribution >= 4 is 27.7 Å². The van der Waals surface area contributed by atoms with Gasteiger partial charge >= 0.3 is 0 Å². The van der Waals surface area contributed by atoms with Gasteiger partial charge in [0, 0.05) is 16.8 Å². The molecular weight excluding hydrogens is 386 g/mol. The van der Waals surface area contributed by atoms with Crippen LogP contribution in [0.1, 0.15) is 12.5 Å². The van der Waals surface area contributed by atoms with Gasteiger partial charge in [-0.05, 0) is 30.7 Å². The molecule has 0 aliphatic heterocycles. The zero-order valence-corrected chi connectivity index (χ0v) is 16.0. The molecule has 0 fully saturated rings. The lowest BCUT2D eigenvalue weighted by Gasteiger charge is -2.10. The molecule has 0 amide bonds. The zero-order chi connectivity index (χ0) is 16.9. The Balaban J connectivity index is 1.89. The van der Waals surface area contributed by atoms with Crippen LogP contribution in [-0.2, 0) is 12.3 Å². The minimum Gasteiger partial charge on any atom is -0.496 e. The smallest absolute Gasteiger partial charge is 0.191 e. The van der Waals surface area contributed by atoms with Crippen LogP contribution < -0.4 is 4.74 Å². The van der Waals surface area contributed by atoms with Crippen molar-refractivity contribution in [2.24, 2.45) is 0 Å². The van der Waals surface area contributed by atoms with E-state index < -0.39 is 0 Å². The van der Waals surface area contributed by atoms with Crippen LogP contribution in [0, 0.1) is 0 Å². The average Bonchev–Trinajstić information content (AvgIpc) is 3.03. The summed E-state index contributed by atoms with van der Waals surface area (Å²) in [5, 5.41) is 9.70. The number of aromatic nitrogens is 3. The number of thioether (sulfide) groups is 1. The topological polar surface area (TPSA) is 39.9 Å². The van der Waals surface area contributed by atoms with Gasteiger partial charge < -0.3 is 9.30 Å². The number of rotatable bonds is 6. The Morgan fingerprint density at radius 1 is 1.08 bits per heavy atom. The molecule has 0 radical (unpaired) electrons. The molecule has 0 saturated heterocycles. The largest absolute Gasteiger partial charge is 0.496 e. The van der Waals surface area contributed by atoms with Gasteiger partial charge in [-0.3, -0.25) is 0 Å². The first-order chi connectivity index (χ1) is 11.7. The summed E-state index contributed by atoms with van der Waals surface area (Å²) in [6.07, 6.45) is 0. The highest BCUT2D eigenvalue weighted by Gasteiger charge is 2.16. The van der Waals surface area contributed by atoms with Crippen LogP contribution in [0.25, 0.3) is 11.4 Å². The van der Waals surface area contributed by atoms with E-state index in [1.165, 1.54) is 5.56 Å². The van der Waals surface area contributed by atoms with Crippen LogP contribution in [0.15, 0.2) is 58.2 Å². The maximum atomic E-state index is 5.46. The highest BCUT2D eigenvalue weighted by molar-refractivity contribution is 9.10. The van der Waals surface area contributed by atoms with Crippen molar-refractivity contribution in [3.05, 3.63) is 58.6 Å². The molecule has 0 atom stereocenters. The highest BCUT2D eigenvalue weighted by atomic mass is 79.9. The van der Waals surface area contributed by atoms with Crippen molar-refractivity contribution in [2.75, 3.05) is 7.11 Å². The molecule has 4 nitrogen and oxygen atoms in total. The lowest BCUT2D eigenvalue weighted by Crippen LogP contribution is -2.01. The van der Waals surface area contributed by atoms with Crippen molar-refractivity contribution in [1.82, 2.24) is 14.8 Å². The maximum Gasteiger partial charge on any atom is 0.191 e. The molecule has 0 aliphatic rings. The van der Waals surface area contributed by atoms with E-state index in [0.717, 1.165) is 39.1 Å². The van der Waals surface area contributed by atoms with E-state index in [-0.39, 0.29) is 0 Å². The molecule has 124 valence electrons. The van der Waals surface area contributed by atoms with Crippen LogP contribution in [0.4, 0.5) is 0 Å². The van der Waals surface area contributed by atoms with Gasteiger partial charge in [-0.2, -0.15) is 0 Å². The van der Waals surface area contributed by atoms with Crippen molar-refractivity contribution < 1.29 is 4.74 Å². The number of para-hydroxylation sites is 1. The van der Waals surface area contributed by atoms with E-state index in [2.05, 4.69) is 49.8 Å². The Hall–Kier alpha value is -1.79. The SMILES string of the molecule is CCn1c(SCc2ccccc2Br)nnc1-c1ccccc1OC. The first-order valence-corrected chi connectivity index (χ1v) is 9.45.